The Balaban J connectivity index is 1.68. The molecule has 0 bridgehead atoms. The summed E-state index contributed by atoms with van der Waals surface area (Å²) in [6, 6.07) is 14.6. The van der Waals surface area contributed by atoms with Gasteiger partial charge in [-0.05, 0) is 75.3 Å². The summed E-state index contributed by atoms with van der Waals surface area (Å²) in [5.74, 6) is 0.0911. The van der Waals surface area contributed by atoms with E-state index in [1.165, 1.54) is 19.9 Å². The van der Waals surface area contributed by atoms with Crippen LogP contribution in [0.25, 0.3) is 11.1 Å². The van der Waals surface area contributed by atoms with Gasteiger partial charge in [-0.3, -0.25) is 4.79 Å². The number of amides is 1. The number of unbranched alkanes of at least 4 members (excludes halogenated alkanes) is 1. The summed E-state index contributed by atoms with van der Waals surface area (Å²) in [5, 5.41) is 0. The number of benzene rings is 2. The van der Waals surface area contributed by atoms with Crippen LogP contribution in [0.1, 0.15) is 43.0 Å². The van der Waals surface area contributed by atoms with Gasteiger partial charge in [0.1, 0.15) is 0 Å². The third-order valence-electron chi connectivity index (χ3n) is 5.95. The predicted molar refractivity (Wildman–Crippen MR) is 125 cm³/mol. The number of carbonyl (C=O) groups excluding carboxylic acids is 1. The largest absolute Gasteiger partial charge is 0.334 e. The number of likely N-dealkylation sites (tertiary alicyclic amines) is 1. The minimum Gasteiger partial charge on any atom is -0.334 e. The molecule has 0 aliphatic carbocycles. The number of likely N-dealkylation sites (N-methyl/N-ethyl adjacent to an activating group) is 1. The number of hydrogen-bond acceptors (Lipinski definition) is 4. The summed E-state index contributed by atoms with van der Waals surface area (Å²) in [6.07, 6.45) is 4.47. The molecule has 1 saturated heterocycles. The zero-order valence-corrected chi connectivity index (χ0v) is 19.5. The fourth-order valence-electron chi connectivity index (χ4n) is 4.09. The van der Waals surface area contributed by atoms with E-state index in [0.717, 1.165) is 43.6 Å². The molecule has 2 aromatic carbocycles. The molecule has 1 unspecified atom stereocenters. The molecule has 7 heteroatoms. The van der Waals surface area contributed by atoms with Gasteiger partial charge in [-0.1, -0.05) is 37.6 Å². The van der Waals surface area contributed by atoms with Gasteiger partial charge < -0.3 is 9.80 Å². The topological polar surface area (TPSA) is 69.7 Å². The van der Waals surface area contributed by atoms with Crippen LogP contribution in [-0.4, -0.2) is 63.9 Å². The second kappa shape index (κ2) is 10.4. The monoisotopic (exact) mass is 443 g/mol. The van der Waals surface area contributed by atoms with E-state index in [0.29, 0.717) is 5.56 Å². The van der Waals surface area contributed by atoms with E-state index in [4.69, 9.17) is 0 Å². The van der Waals surface area contributed by atoms with Crippen molar-refractivity contribution in [1.82, 2.24) is 14.5 Å². The highest BCUT2D eigenvalue weighted by Crippen LogP contribution is 2.24. The first-order valence-corrected chi connectivity index (χ1v) is 12.5. The molecule has 0 saturated carbocycles. The molecule has 1 fully saturated rings. The molecule has 1 aliphatic heterocycles. The van der Waals surface area contributed by atoms with E-state index >= 15 is 0 Å². The molecule has 1 amide bonds. The number of carbonyl (C=O) groups is 1. The van der Waals surface area contributed by atoms with Crippen LogP contribution >= 0.6 is 0 Å². The Morgan fingerprint density at radius 2 is 1.71 bits per heavy atom. The first-order valence-electron chi connectivity index (χ1n) is 11.0. The molecular weight excluding hydrogens is 410 g/mol. The predicted octanol–water partition coefficient (Wildman–Crippen LogP) is 3.60. The molecule has 2 aromatic rings. The smallest absolute Gasteiger partial charge is 0.254 e. The zero-order chi connectivity index (χ0) is 22.4. The molecule has 1 aliphatic rings. The maximum absolute atomic E-state index is 13.1. The molecular formula is C24H33N3O3S. The van der Waals surface area contributed by atoms with Gasteiger partial charge in [0, 0.05) is 24.7 Å². The average Bonchev–Trinajstić information content (AvgIpc) is 3.25. The maximum atomic E-state index is 13.1. The Morgan fingerprint density at radius 1 is 1.10 bits per heavy atom. The molecule has 168 valence electrons. The van der Waals surface area contributed by atoms with Crippen LogP contribution in [0.4, 0.5) is 0 Å². The summed E-state index contributed by atoms with van der Waals surface area (Å²) in [5.41, 5.74) is 2.55. The van der Waals surface area contributed by atoms with Crippen molar-refractivity contribution in [2.24, 2.45) is 0 Å². The van der Waals surface area contributed by atoms with Gasteiger partial charge in [-0.2, -0.15) is 0 Å². The highest BCUT2D eigenvalue weighted by atomic mass is 32.2. The zero-order valence-electron chi connectivity index (χ0n) is 18.7. The van der Waals surface area contributed by atoms with Crippen molar-refractivity contribution in [3.63, 3.8) is 0 Å². The van der Waals surface area contributed by atoms with Gasteiger partial charge in [0.2, 0.25) is 10.0 Å². The average molecular weight is 444 g/mol. The Bertz CT molecular complexity index is 972. The number of rotatable bonds is 9. The van der Waals surface area contributed by atoms with E-state index in [9.17, 15) is 13.2 Å². The lowest BCUT2D eigenvalue weighted by Gasteiger charge is -2.29. The summed E-state index contributed by atoms with van der Waals surface area (Å²) < 4.78 is 26.1. The lowest BCUT2D eigenvalue weighted by Crippen LogP contribution is -2.42. The summed E-state index contributed by atoms with van der Waals surface area (Å²) in [7, 11) is 0.0858. The van der Waals surface area contributed by atoms with E-state index in [2.05, 4.69) is 23.6 Å². The molecule has 0 radical (unpaired) electrons. The fraction of sp³-hybridized carbons (Fsp3) is 0.458. The van der Waals surface area contributed by atoms with E-state index in [1.54, 1.807) is 24.3 Å². The normalized spacial score (nSPS) is 16.8. The Morgan fingerprint density at radius 3 is 2.29 bits per heavy atom. The van der Waals surface area contributed by atoms with Gasteiger partial charge >= 0.3 is 0 Å². The second-order valence-electron chi connectivity index (χ2n) is 8.22. The van der Waals surface area contributed by atoms with Crippen molar-refractivity contribution in [3.8, 4) is 11.1 Å². The summed E-state index contributed by atoms with van der Waals surface area (Å²) in [4.78, 5) is 17.7. The van der Waals surface area contributed by atoms with Crippen LogP contribution in [0.5, 0.6) is 0 Å². The number of sulfonamides is 1. The highest BCUT2D eigenvalue weighted by Gasteiger charge is 2.30. The van der Waals surface area contributed by atoms with Crippen LogP contribution < -0.4 is 4.72 Å². The van der Waals surface area contributed by atoms with Crippen molar-refractivity contribution >= 4 is 15.9 Å². The Labute approximate surface area is 186 Å². The fourth-order valence-corrected chi connectivity index (χ4v) is 4.82. The first kappa shape index (κ1) is 23.4. The molecule has 1 heterocycles. The third kappa shape index (κ3) is 5.73. The van der Waals surface area contributed by atoms with Crippen molar-refractivity contribution < 1.29 is 13.2 Å². The molecule has 31 heavy (non-hydrogen) atoms. The third-order valence-corrected chi connectivity index (χ3v) is 7.38. The van der Waals surface area contributed by atoms with Crippen LogP contribution in [0.3, 0.4) is 0 Å². The molecule has 3 rings (SSSR count). The minimum absolute atomic E-state index is 0.0911. The second-order valence-corrected chi connectivity index (χ2v) is 10.1. The van der Waals surface area contributed by atoms with E-state index in [1.807, 2.05) is 29.2 Å². The Kier molecular flexibility index (Phi) is 7.86. The molecule has 0 aromatic heterocycles. The number of nitrogens with one attached hydrogen (secondary N) is 1. The highest BCUT2D eigenvalue weighted by molar-refractivity contribution is 7.89. The standard InChI is InChI=1S/C24H33N3O3S/c1-4-5-16-26(3)18-22-7-6-17-27(22)24(28)21-10-8-19(9-11-21)20-12-14-23(15-13-20)31(29,30)25-2/h8-15,22,25H,4-7,16-18H2,1-3H3. The quantitative estimate of drug-likeness (QED) is 0.643. The van der Waals surface area contributed by atoms with Gasteiger partial charge in [0.15, 0.2) is 0 Å². The minimum atomic E-state index is -3.45. The first-order chi connectivity index (χ1) is 14.9. The van der Waals surface area contributed by atoms with Gasteiger partial charge in [-0.25, -0.2) is 13.1 Å². The summed E-state index contributed by atoms with van der Waals surface area (Å²) >= 11 is 0. The van der Waals surface area contributed by atoms with Crippen molar-refractivity contribution in [2.45, 2.75) is 43.5 Å². The lowest BCUT2D eigenvalue weighted by molar-refractivity contribution is 0.0709. The summed E-state index contributed by atoms with van der Waals surface area (Å²) in [6.45, 7) is 5.00. The van der Waals surface area contributed by atoms with Crippen molar-refractivity contribution in [3.05, 3.63) is 54.1 Å². The SMILES string of the molecule is CCCCN(C)CC1CCCN1C(=O)c1ccc(-c2ccc(S(=O)(=O)NC)cc2)cc1. The van der Waals surface area contributed by atoms with E-state index < -0.39 is 10.0 Å². The molecule has 1 atom stereocenters. The maximum Gasteiger partial charge on any atom is 0.254 e. The number of hydrogen-bond donors (Lipinski definition) is 1. The number of nitrogens with zero attached hydrogens (tertiary/aromatic N) is 2. The van der Waals surface area contributed by atoms with E-state index in [-0.39, 0.29) is 16.8 Å². The molecule has 6 nitrogen and oxygen atoms in total. The van der Waals surface area contributed by atoms with Crippen LogP contribution in [0, 0.1) is 0 Å². The van der Waals surface area contributed by atoms with Crippen LogP contribution in [0.2, 0.25) is 0 Å². The van der Waals surface area contributed by atoms with Crippen molar-refractivity contribution in [2.75, 3.05) is 33.7 Å². The Hall–Kier alpha value is -2.22. The van der Waals surface area contributed by atoms with Gasteiger partial charge in [-0.15, -0.1) is 0 Å². The molecule has 0 spiro atoms. The molecule has 1 N–H and O–H groups in total. The lowest BCUT2D eigenvalue weighted by atomic mass is 10.0. The van der Waals surface area contributed by atoms with Gasteiger partial charge in [0.25, 0.3) is 5.91 Å². The van der Waals surface area contributed by atoms with Gasteiger partial charge in [0.05, 0.1) is 4.90 Å². The van der Waals surface area contributed by atoms with Crippen LogP contribution in [0.15, 0.2) is 53.4 Å². The van der Waals surface area contributed by atoms with Crippen molar-refractivity contribution in [1.29, 1.82) is 0 Å². The van der Waals surface area contributed by atoms with Crippen LogP contribution in [-0.2, 0) is 10.0 Å².